The van der Waals surface area contributed by atoms with Gasteiger partial charge in [-0.25, -0.2) is 4.79 Å². The third-order valence-corrected chi connectivity index (χ3v) is 6.57. The van der Waals surface area contributed by atoms with Gasteiger partial charge in [-0.15, -0.1) is 0 Å². The third kappa shape index (κ3) is 6.70. The Bertz CT molecular complexity index is 1120. The van der Waals surface area contributed by atoms with Crippen molar-refractivity contribution in [3.05, 3.63) is 64.7 Å². The van der Waals surface area contributed by atoms with E-state index >= 15 is 0 Å². The summed E-state index contributed by atoms with van der Waals surface area (Å²) in [4.78, 5) is 17.8. The number of hydrogen-bond acceptors (Lipinski definition) is 3. The number of urea groups is 1. The van der Waals surface area contributed by atoms with Crippen molar-refractivity contribution >= 4 is 11.7 Å². The van der Waals surface area contributed by atoms with Crippen LogP contribution in [0.15, 0.2) is 42.5 Å². The molecule has 0 aromatic heterocycles. The molecule has 5 nitrogen and oxygen atoms in total. The molecule has 2 saturated heterocycles. The van der Waals surface area contributed by atoms with Crippen molar-refractivity contribution in [2.45, 2.75) is 31.1 Å². The van der Waals surface area contributed by atoms with Crippen LogP contribution in [0, 0.1) is 0 Å². The molecule has 0 bridgehead atoms. The Morgan fingerprint density at radius 3 is 1.84 bits per heavy atom. The summed E-state index contributed by atoms with van der Waals surface area (Å²) in [6.07, 6.45) is -14.5. The SMILES string of the molecule is O=C(Nc1cc(C(F)(F)F)cc(C(F)(F)F)c1)N1CC(N2CCN(Cc3cccc(C(F)(F)F)c3)CC2)C1. The summed E-state index contributed by atoms with van der Waals surface area (Å²) in [6.45, 7) is 3.21. The monoisotopic (exact) mass is 554 g/mol. The number of rotatable bonds is 4. The number of halogens is 9. The maximum atomic E-state index is 13.0. The van der Waals surface area contributed by atoms with E-state index in [0.717, 1.165) is 12.1 Å². The summed E-state index contributed by atoms with van der Waals surface area (Å²) < 4.78 is 117. The van der Waals surface area contributed by atoms with Gasteiger partial charge in [-0.3, -0.25) is 9.80 Å². The molecular formula is C24H23F9N4O. The van der Waals surface area contributed by atoms with Crippen molar-refractivity contribution in [3.63, 3.8) is 0 Å². The number of carbonyl (C=O) groups is 1. The minimum absolute atomic E-state index is 0.0119. The van der Waals surface area contributed by atoms with Gasteiger partial charge in [0.15, 0.2) is 0 Å². The van der Waals surface area contributed by atoms with E-state index in [-0.39, 0.29) is 25.2 Å². The van der Waals surface area contributed by atoms with Crippen LogP contribution in [-0.4, -0.2) is 66.0 Å². The smallest absolute Gasteiger partial charge is 0.321 e. The molecule has 1 N–H and O–H groups in total. The van der Waals surface area contributed by atoms with E-state index in [9.17, 15) is 44.3 Å². The fourth-order valence-corrected chi connectivity index (χ4v) is 4.47. The van der Waals surface area contributed by atoms with E-state index in [4.69, 9.17) is 0 Å². The van der Waals surface area contributed by atoms with Crippen LogP contribution in [0.1, 0.15) is 22.3 Å². The zero-order valence-corrected chi connectivity index (χ0v) is 19.7. The molecule has 2 heterocycles. The predicted octanol–water partition coefficient (Wildman–Crippen LogP) is 5.78. The van der Waals surface area contributed by atoms with Crippen molar-refractivity contribution in [1.82, 2.24) is 14.7 Å². The van der Waals surface area contributed by atoms with Crippen molar-refractivity contribution in [2.75, 3.05) is 44.6 Å². The summed E-state index contributed by atoms with van der Waals surface area (Å²) in [7, 11) is 0. The fraction of sp³-hybridized carbons (Fsp3) is 0.458. The van der Waals surface area contributed by atoms with Gasteiger partial charge in [-0.2, -0.15) is 39.5 Å². The van der Waals surface area contributed by atoms with Gasteiger partial charge in [-0.05, 0) is 29.8 Å². The van der Waals surface area contributed by atoms with E-state index in [0.29, 0.717) is 50.4 Å². The maximum absolute atomic E-state index is 13.0. The number of alkyl halides is 9. The maximum Gasteiger partial charge on any atom is 0.416 e. The lowest BCUT2D eigenvalue weighted by Gasteiger charge is -2.48. The first-order valence-electron chi connectivity index (χ1n) is 11.6. The molecule has 0 spiro atoms. The lowest BCUT2D eigenvalue weighted by Crippen LogP contribution is -2.64. The Morgan fingerprint density at radius 2 is 1.32 bits per heavy atom. The Morgan fingerprint density at radius 1 is 0.763 bits per heavy atom. The van der Waals surface area contributed by atoms with Crippen LogP contribution < -0.4 is 5.32 Å². The second-order valence-electron chi connectivity index (χ2n) is 9.29. The summed E-state index contributed by atoms with van der Waals surface area (Å²) in [5.74, 6) is 0. The Labute approximate surface area is 211 Å². The van der Waals surface area contributed by atoms with Gasteiger partial charge in [0.2, 0.25) is 0 Å². The molecule has 0 atom stereocenters. The van der Waals surface area contributed by atoms with Crippen molar-refractivity contribution in [1.29, 1.82) is 0 Å². The average molecular weight is 554 g/mol. The standard InChI is InChI=1S/C24H23F9N4O/c25-22(26,27)16-3-1-2-15(8-16)12-35-4-6-36(7-5-35)20-13-37(14-20)21(38)34-19-10-17(23(28,29)30)9-18(11-19)24(31,32)33/h1-3,8-11,20H,4-7,12-14H2,(H,34,38). The Hall–Kier alpha value is -3.00. The van der Waals surface area contributed by atoms with Crippen LogP contribution in [-0.2, 0) is 25.1 Å². The Balaban J connectivity index is 1.28. The number of piperazine rings is 1. The van der Waals surface area contributed by atoms with Crippen molar-refractivity contribution in [3.8, 4) is 0 Å². The molecule has 2 aromatic rings. The zero-order valence-electron chi connectivity index (χ0n) is 19.7. The van der Waals surface area contributed by atoms with Gasteiger partial charge in [0.1, 0.15) is 0 Å². The molecule has 2 aliphatic rings. The highest BCUT2D eigenvalue weighted by Crippen LogP contribution is 2.37. The molecule has 2 aliphatic heterocycles. The lowest BCUT2D eigenvalue weighted by atomic mass is 10.1. The first-order valence-corrected chi connectivity index (χ1v) is 11.6. The highest BCUT2D eigenvalue weighted by molar-refractivity contribution is 5.90. The molecule has 2 aromatic carbocycles. The predicted molar refractivity (Wildman–Crippen MR) is 119 cm³/mol. The molecule has 0 radical (unpaired) electrons. The van der Waals surface area contributed by atoms with E-state index in [2.05, 4.69) is 10.2 Å². The number of amides is 2. The van der Waals surface area contributed by atoms with Gasteiger partial charge in [0, 0.05) is 57.5 Å². The van der Waals surface area contributed by atoms with E-state index < -0.39 is 46.9 Å². The fourth-order valence-electron chi connectivity index (χ4n) is 4.47. The van der Waals surface area contributed by atoms with E-state index in [1.165, 1.54) is 11.0 Å². The van der Waals surface area contributed by atoms with Gasteiger partial charge in [0.25, 0.3) is 0 Å². The minimum atomic E-state index is -5.02. The van der Waals surface area contributed by atoms with Crippen molar-refractivity contribution < 1.29 is 44.3 Å². The molecule has 208 valence electrons. The molecule has 14 heteroatoms. The van der Waals surface area contributed by atoms with Gasteiger partial charge >= 0.3 is 24.6 Å². The van der Waals surface area contributed by atoms with E-state index in [1.54, 1.807) is 6.07 Å². The van der Waals surface area contributed by atoms with Gasteiger partial charge in [0.05, 0.1) is 16.7 Å². The van der Waals surface area contributed by atoms with Crippen LogP contribution in [0.5, 0.6) is 0 Å². The highest BCUT2D eigenvalue weighted by Gasteiger charge is 2.39. The number of hydrogen-bond donors (Lipinski definition) is 1. The number of likely N-dealkylation sites (tertiary alicyclic amines) is 1. The molecule has 2 fully saturated rings. The highest BCUT2D eigenvalue weighted by atomic mass is 19.4. The molecule has 0 unspecified atom stereocenters. The summed E-state index contributed by atoms with van der Waals surface area (Å²) >= 11 is 0. The van der Waals surface area contributed by atoms with Crippen LogP contribution >= 0.6 is 0 Å². The van der Waals surface area contributed by atoms with Gasteiger partial charge in [-0.1, -0.05) is 18.2 Å². The number of benzene rings is 2. The Kier molecular flexibility index (Phi) is 7.58. The summed E-state index contributed by atoms with van der Waals surface area (Å²) in [5, 5.41) is 2.12. The number of nitrogens with one attached hydrogen (secondary N) is 1. The zero-order chi connectivity index (χ0) is 27.9. The quantitative estimate of drug-likeness (QED) is 0.488. The number of nitrogens with zero attached hydrogens (tertiary/aromatic N) is 3. The van der Waals surface area contributed by atoms with Crippen LogP contribution in [0.25, 0.3) is 0 Å². The third-order valence-electron chi connectivity index (χ3n) is 6.57. The molecule has 4 rings (SSSR count). The number of carbonyl (C=O) groups excluding carboxylic acids is 1. The van der Waals surface area contributed by atoms with Crippen LogP contribution in [0.4, 0.5) is 50.0 Å². The molecular weight excluding hydrogens is 531 g/mol. The molecule has 2 amide bonds. The van der Waals surface area contributed by atoms with Crippen molar-refractivity contribution in [2.24, 2.45) is 0 Å². The minimum Gasteiger partial charge on any atom is -0.321 e. The average Bonchev–Trinajstić information content (AvgIpc) is 2.77. The van der Waals surface area contributed by atoms with Crippen LogP contribution in [0.2, 0.25) is 0 Å². The summed E-state index contributed by atoms with van der Waals surface area (Å²) in [6, 6.07) is 5.18. The van der Waals surface area contributed by atoms with Gasteiger partial charge < -0.3 is 10.2 Å². The lowest BCUT2D eigenvalue weighted by molar-refractivity contribution is -0.143. The second kappa shape index (κ2) is 10.3. The largest absolute Gasteiger partial charge is 0.416 e. The molecule has 0 saturated carbocycles. The molecule has 0 aliphatic carbocycles. The first-order chi connectivity index (χ1) is 17.6. The van der Waals surface area contributed by atoms with Crippen LogP contribution in [0.3, 0.4) is 0 Å². The first kappa shape index (κ1) is 28.0. The molecule has 38 heavy (non-hydrogen) atoms. The topological polar surface area (TPSA) is 38.8 Å². The summed E-state index contributed by atoms with van der Waals surface area (Å²) in [5.41, 5.74) is -3.81. The van der Waals surface area contributed by atoms with E-state index in [1.807, 2.05) is 4.90 Å². The number of anilines is 1. The normalized spacial score (nSPS) is 18.4. The second-order valence-corrected chi connectivity index (χ2v) is 9.29.